The number of rotatable bonds is 4. The largest absolute Gasteiger partial charge is 0.378 e. The zero-order valence-electron chi connectivity index (χ0n) is 11.9. The molecular weight excluding hydrogens is 335 g/mol. The number of nitrogens with one attached hydrogen (secondary N) is 1. The van der Waals surface area contributed by atoms with E-state index in [-0.39, 0.29) is 18.1 Å². The number of carbonyl (C=O) groups is 1. The van der Waals surface area contributed by atoms with Crippen LogP contribution >= 0.6 is 15.9 Å². The lowest BCUT2D eigenvalue weighted by molar-refractivity contribution is -0.115. The fraction of sp³-hybridized carbons (Fsp3) is 0.188. The predicted molar refractivity (Wildman–Crippen MR) is 87.2 cm³/mol. The second kappa shape index (κ2) is 6.72. The molecule has 0 spiro atoms. The number of nitrogens with zero attached hydrogens (tertiary/aromatic N) is 1. The Hall–Kier alpha value is -1.88. The molecule has 3 nitrogen and oxygen atoms in total. The smallest absolute Gasteiger partial charge is 0.228 e. The summed E-state index contributed by atoms with van der Waals surface area (Å²) in [6.45, 7) is 0. The number of amides is 1. The van der Waals surface area contributed by atoms with Crippen molar-refractivity contribution in [2.75, 3.05) is 24.3 Å². The number of benzene rings is 2. The van der Waals surface area contributed by atoms with Crippen LogP contribution in [0.15, 0.2) is 46.9 Å². The van der Waals surface area contributed by atoms with Crippen LogP contribution in [-0.2, 0) is 11.2 Å². The first-order valence-electron chi connectivity index (χ1n) is 6.47. The van der Waals surface area contributed by atoms with E-state index in [1.807, 2.05) is 43.3 Å². The number of hydrogen-bond donors (Lipinski definition) is 1. The predicted octanol–water partition coefficient (Wildman–Crippen LogP) is 3.84. The summed E-state index contributed by atoms with van der Waals surface area (Å²) in [6.07, 6.45) is 0.000700. The molecule has 2 aromatic rings. The van der Waals surface area contributed by atoms with Crippen molar-refractivity contribution in [2.45, 2.75) is 6.42 Å². The zero-order chi connectivity index (χ0) is 15.4. The van der Waals surface area contributed by atoms with Gasteiger partial charge in [-0.3, -0.25) is 4.79 Å². The van der Waals surface area contributed by atoms with Crippen LogP contribution in [0.2, 0.25) is 0 Å². The molecule has 21 heavy (non-hydrogen) atoms. The second-order valence-electron chi connectivity index (χ2n) is 4.90. The molecule has 0 aliphatic heterocycles. The maximum absolute atomic E-state index is 13.6. The molecule has 0 fully saturated rings. The monoisotopic (exact) mass is 350 g/mol. The van der Waals surface area contributed by atoms with Crippen molar-refractivity contribution in [3.8, 4) is 0 Å². The van der Waals surface area contributed by atoms with E-state index in [0.29, 0.717) is 11.3 Å². The van der Waals surface area contributed by atoms with Gasteiger partial charge in [0.1, 0.15) is 5.82 Å². The van der Waals surface area contributed by atoms with Gasteiger partial charge in [-0.1, -0.05) is 15.9 Å². The Kier molecular flexibility index (Phi) is 4.96. The third kappa shape index (κ3) is 4.29. The first-order valence-corrected chi connectivity index (χ1v) is 7.26. The van der Waals surface area contributed by atoms with Gasteiger partial charge in [-0.15, -0.1) is 0 Å². The summed E-state index contributed by atoms with van der Waals surface area (Å²) in [5, 5.41) is 2.76. The summed E-state index contributed by atoms with van der Waals surface area (Å²) in [5.41, 5.74) is 2.11. The molecule has 0 heterocycles. The van der Waals surface area contributed by atoms with E-state index in [2.05, 4.69) is 21.2 Å². The highest BCUT2D eigenvalue weighted by molar-refractivity contribution is 9.10. The summed E-state index contributed by atoms with van der Waals surface area (Å²) < 4.78 is 14.4. The third-order valence-corrected chi connectivity index (χ3v) is 3.52. The van der Waals surface area contributed by atoms with Gasteiger partial charge in [-0.25, -0.2) is 4.39 Å². The molecule has 0 saturated carbocycles. The normalized spacial score (nSPS) is 10.3. The standard InChI is InChI=1S/C16H16BrFN2O/c1-20(2)14-6-4-13(5-7-14)19-16(21)10-11-9-12(17)3-8-15(11)18/h3-9H,10H2,1-2H3,(H,19,21). The molecule has 0 aliphatic carbocycles. The summed E-state index contributed by atoms with van der Waals surface area (Å²) in [7, 11) is 3.90. The molecule has 0 atom stereocenters. The van der Waals surface area contributed by atoms with Crippen molar-refractivity contribution in [3.05, 3.63) is 58.3 Å². The van der Waals surface area contributed by atoms with Gasteiger partial charge >= 0.3 is 0 Å². The van der Waals surface area contributed by atoms with E-state index in [1.54, 1.807) is 12.1 Å². The average molecular weight is 351 g/mol. The van der Waals surface area contributed by atoms with Crippen LogP contribution in [-0.4, -0.2) is 20.0 Å². The Morgan fingerprint density at radius 2 is 1.86 bits per heavy atom. The van der Waals surface area contributed by atoms with E-state index >= 15 is 0 Å². The van der Waals surface area contributed by atoms with Crippen LogP contribution in [0.25, 0.3) is 0 Å². The molecule has 0 unspecified atom stereocenters. The van der Waals surface area contributed by atoms with Crippen LogP contribution in [0.5, 0.6) is 0 Å². The zero-order valence-corrected chi connectivity index (χ0v) is 13.4. The fourth-order valence-electron chi connectivity index (χ4n) is 1.90. The summed E-state index contributed by atoms with van der Waals surface area (Å²) in [4.78, 5) is 13.9. The maximum atomic E-state index is 13.6. The number of hydrogen-bond acceptors (Lipinski definition) is 2. The Balaban J connectivity index is 2.03. The van der Waals surface area contributed by atoms with Crippen molar-refractivity contribution in [2.24, 2.45) is 0 Å². The maximum Gasteiger partial charge on any atom is 0.228 e. The lowest BCUT2D eigenvalue weighted by Gasteiger charge is -2.13. The van der Waals surface area contributed by atoms with Crippen molar-refractivity contribution in [3.63, 3.8) is 0 Å². The van der Waals surface area contributed by atoms with Crippen LogP contribution in [0.1, 0.15) is 5.56 Å². The first-order chi connectivity index (χ1) is 9.95. The van der Waals surface area contributed by atoms with Gasteiger partial charge in [0.05, 0.1) is 6.42 Å². The number of anilines is 2. The van der Waals surface area contributed by atoms with Gasteiger partial charge in [0.15, 0.2) is 0 Å². The fourth-order valence-corrected chi connectivity index (χ4v) is 2.31. The van der Waals surface area contributed by atoms with Crippen LogP contribution < -0.4 is 10.2 Å². The van der Waals surface area contributed by atoms with Gasteiger partial charge in [-0.05, 0) is 48.0 Å². The topological polar surface area (TPSA) is 32.3 Å². The van der Waals surface area contributed by atoms with Crippen molar-refractivity contribution < 1.29 is 9.18 Å². The Morgan fingerprint density at radius 3 is 2.48 bits per heavy atom. The second-order valence-corrected chi connectivity index (χ2v) is 5.82. The SMILES string of the molecule is CN(C)c1ccc(NC(=O)Cc2cc(Br)ccc2F)cc1. The Morgan fingerprint density at radius 1 is 1.19 bits per heavy atom. The molecule has 0 aromatic heterocycles. The van der Waals surface area contributed by atoms with E-state index in [9.17, 15) is 9.18 Å². The summed E-state index contributed by atoms with van der Waals surface area (Å²) >= 11 is 3.27. The molecule has 1 amide bonds. The van der Waals surface area contributed by atoms with Gasteiger partial charge in [-0.2, -0.15) is 0 Å². The minimum atomic E-state index is -0.378. The highest BCUT2D eigenvalue weighted by Crippen LogP contribution is 2.18. The van der Waals surface area contributed by atoms with Crippen LogP contribution in [0, 0.1) is 5.82 Å². The summed E-state index contributed by atoms with van der Waals surface area (Å²) in [6, 6.07) is 12.0. The van der Waals surface area contributed by atoms with Crippen LogP contribution in [0.4, 0.5) is 15.8 Å². The lowest BCUT2D eigenvalue weighted by atomic mass is 10.1. The highest BCUT2D eigenvalue weighted by atomic mass is 79.9. The van der Waals surface area contributed by atoms with Crippen molar-refractivity contribution in [1.29, 1.82) is 0 Å². The molecule has 0 aliphatic rings. The average Bonchev–Trinajstić information content (AvgIpc) is 2.43. The highest BCUT2D eigenvalue weighted by Gasteiger charge is 2.09. The summed E-state index contributed by atoms with van der Waals surface area (Å²) in [5.74, 6) is -0.624. The lowest BCUT2D eigenvalue weighted by Crippen LogP contribution is -2.15. The molecular formula is C16H16BrFN2O. The van der Waals surface area contributed by atoms with E-state index in [4.69, 9.17) is 0 Å². The quantitative estimate of drug-likeness (QED) is 0.908. The molecule has 1 N–H and O–H groups in total. The molecule has 5 heteroatoms. The number of halogens is 2. The van der Waals surface area contributed by atoms with Crippen molar-refractivity contribution in [1.82, 2.24) is 0 Å². The molecule has 0 bridgehead atoms. The van der Waals surface area contributed by atoms with Gasteiger partial charge in [0.25, 0.3) is 0 Å². The molecule has 2 rings (SSSR count). The molecule has 110 valence electrons. The van der Waals surface area contributed by atoms with Gasteiger partial charge in [0, 0.05) is 29.9 Å². The Bertz CT molecular complexity index is 641. The first kappa shape index (κ1) is 15.5. The van der Waals surface area contributed by atoms with E-state index in [1.165, 1.54) is 6.07 Å². The number of carbonyl (C=O) groups excluding carboxylic acids is 1. The molecule has 0 radical (unpaired) electrons. The third-order valence-electron chi connectivity index (χ3n) is 3.03. The molecule has 2 aromatic carbocycles. The molecule has 0 saturated heterocycles. The minimum absolute atomic E-state index is 0.000700. The minimum Gasteiger partial charge on any atom is -0.378 e. The van der Waals surface area contributed by atoms with Crippen molar-refractivity contribution >= 4 is 33.2 Å². The van der Waals surface area contributed by atoms with Gasteiger partial charge < -0.3 is 10.2 Å². The Labute approximate surface area is 131 Å². The van der Waals surface area contributed by atoms with Crippen LogP contribution in [0.3, 0.4) is 0 Å². The van der Waals surface area contributed by atoms with E-state index in [0.717, 1.165) is 10.2 Å². The van der Waals surface area contributed by atoms with Gasteiger partial charge in [0.2, 0.25) is 5.91 Å². The van der Waals surface area contributed by atoms with E-state index < -0.39 is 0 Å².